The third-order valence-electron chi connectivity index (χ3n) is 4.44. The van der Waals surface area contributed by atoms with E-state index in [1.54, 1.807) is 4.80 Å². The molecule has 0 radical (unpaired) electrons. The van der Waals surface area contributed by atoms with Crippen LogP contribution in [0.5, 0.6) is 0 Å². The summed E-state index contributed by atoms with van der Waals surface area (Å²) in [6.45, 7) is 4.70. The SMILES string of the molecule is Cc1ccccc1C[C@H](C)NC(=O)CCCn1nnc(-c2ccccc2)n1. The molecule has 0 aliphatic carbocycles. The molecule has 1 aromatic heterocycles. The zero-order valence-corrected chi connectivity index (χ0v) is 15.8. The zero-order chi connectivity index (χ0) is 19.1. The quantitative estimate of drug-likeness (QED) is 0.667. The van der Waals surface area contributed by atoms with Gasteiger partial charge in [0.1, 0.15) is 0 Å². The Bertz CT molecular complexity index is 875. The second-order valence-corrected chi connectivity index (χ2v) is 6.78. The van der Waals surface area contributed by atoms with Crippen molar-refractivity contribution >= 4 is 5.91 Å². The van der Waals surface area contributed by atoms with Crippen LogP contribution in [0.25, 0.3) is 11.4 Å². The number of aromatic nitrogens is 4. The van der Waals surface area contributed by atoms with Crippen LogP contribution < -0.4 is 5.32 Å². The van der Waals surface area contributed by atoms with Gasteiger partial charge in [-0.05, 0) is 43.0 Å². The number of carbonyl (C=O) groups is 1. The lowest BCUT2D eigenvalue weighted by molar-refractivity contribution is -0.121. The first-order valence-corrected chi connectivity index (χ1v) is 9.29. The largest absolute Gasteiger partial charge is 0.353 e. The van der Waals surface area contributed by atoms with Gasteiger partial charge in [-0.1, -0.05) is 54.6 Å². The van der Waals surface area contributed by atoms with E-state index < -0.39 is 0 Å². The first-order valence-electron chi connectivity index (χ1n) is 9.29. The maximum atomic E-state index is 12.2. The average Bonchev–Trinajstić information content (AvgIpc) is 3.13. The number of hydrogen-bond acceptors (Lipinski definition) is 4. The molecule has 0 saturated heterocycles. The molecular formula is C21H25N5O. The van der Waals surface area contributed by atoms with Crippen molar-refractivity contribution in [3.8, 4) is 11.4 Å². The molecule has 0 aliphatic heterocycles. The van der Waals surface area contributed by atoms with Crippen LogP contribution in [-0.2, 0) is 17.8 Å². The Morgan fingerprint density at radius 3 is 2.63 bits per heavy atom. The molecule has 1 atom stereocenters. The topological polar surface area (TPSA) is 72.7 Å². The number of nitrogens with one attached hydrogen (secondary N) is 1. The van der Waals surface area contributed by atoms with Crippen LogP contribution in [0.3, 0.4) is 0 Å². The Morgan fingerprint density at radius 1 is 1.11 bits per heavy atom. The molecule has 0 fully saturated rings. The lowest BCUT2D eigenvalue weighted by Crippen LogP contribution is -2.34. The minimum atomic E-state index is 0.0551. The predicted molar refractivity (Wildman–Crippen MR) is 105 cm³/mol. The number of benzene rings is 2. The van der Waals surface area contributed by atoms with Crippen molar-refractivity contribution in [3.05, 3.63) is 65.7 Å². The molecule has 6 heteroatoms. The fourth-order valence-electron chi connectivity index (χ4n) is 2.99. The number of tetrazole rings is 1. The lowest BCUT2D eigenvalue weighted by Gasteiger charge is -2.15. The molecule has 140 valence electrons. The fourth-order valence-corrected chi connectivity index (χ4v) is 2.99. The lowest BCUT2D eigenvalue weighted by atomic mass is 10.0. The molecular weight excluding hydrogens is 338 g/mol. The number of hydrogen-bond donors (Lipinski definition) is 1. The Labute approximate surface area is 159 Å². The van der Waals surface area contributed by atoms with Gasteiger partial charge in [-0.2, -0.15) is 4.80 Å². The molecule has 0 unspecified atom stereocenters. The Hall–Kier alpha value is -3.02. The van der Waals surface area contributed by atoms with E-state index in [-0.39, 0.29) is 11.9 Å². The molecule has 1 amide bonds. The van der Waals surface area contributed by atoms with Crippen LogP contribution >= 0.6 is 0 Å². The zero-order valence-electron chi connectivity index (χ0n) is 15.8. The molecule has 0 saturated carbocycles. The second-order valence-electron chi connectivity index (χ2n) is 6.78. The van der Waals surface area contributed by atoms with Crippen LogP contribution in [-0.4, -0.2) is 32.2 Å². The molecule has 0 spiro atoms. The normalized spacial score (nSPS) is 11.9. The molecule has 27 heavy (non-hydrogen) atoms. The Morgan fingerprint density at radius 2 is 1.85 bits per heavy atom. The van der Waals surface area contributed by atoms with Gasteiger partial charge in [-0.15, -0.1) is 10.2 Å². The van der Waals surface area contributed by atoms with E-state index in [2.05, 4.69) is 39.8 Å². The second kappa shape index (κ2) is 9.07. The van der Waals surface area contributed by atoms with Gasteiger partial charge in [-0.3, -0.25) is 4.79 Å². The van der Waals surface area contributed by atoms with Gasteiger partial charge >= 0.3 is 0 Å². The van der Waals surface area contributed by atoms with Crippen molar-refractivity contribution in [2.75, 3.05) is 0 Å². The molecule has 0 aliphatic rings. The van der Waals surface area contributed by atoms with Crippen LogP contribution in [0.1, 0.15) is 30.9 Å². The smallest absolute Gasteiger partial charge is 0.220 e. The first-order chi connectivity index (χ1) is 13.1. The maximum Gasteiger partial charge on any atom is 0.220 e. The van der Waals surface area contributed by atoms with Gasteiger partial charge in [0.25, 0.3) is 0 Å². The van der Waals surface area contributed by atoms with Crippen molar-refractivity contribution in [1.82, 2.24) is 25.5 Å². The van der Waals surface area contributed by atoms with E-state index in [0.717, 1.165) is 12.0 Å². The monoisotopic (exact) mass is 363 g/mol. The van der Waals surface area contributed by atoms with E-state index in [1.165, 1.54) is 11.1 Å². The van der Waals surface area contributed by atoms with Gasteiger partial charge in [0.2, 0.25) is 11.7 Å². The summed E-state index contributed by atoms with van der Waals surface area (Å²) in [5.41, 5.74) is 3.46. The first kappa shape index (κ1) is 18.8. The Kier molecular flexibility index (Phi) is 6.30. The number of nitrogens with zero attached hydrogens (tertiary/aromatic N) is 4. The summed E-state index contributed by atoms with van der Waals surface area (Å²) in [4.78, 5) is 13.7. The highest BCUT2D eigenvalue weighted by molar-refractivity contribution is 5.76. The summed E-state index contributed by atoms with van der Waals surface area (Å²) in [7, 11) is 0. The third-order valence-corrected chi connectivity index (χ3v) is 4.44. The number of carbonyl (C=O) groups excluding carboxylic acids is 1. The average molecular weight is 363 g/mol. The molecule has 3 rings (SSSR count). The van der Waals surface area contributed by atoms with Crippen molar-refractivity contribution in [2.45, 2.75) is 45.7 Å². The van der Waals surface area contributed by atoms with Gasteiger partial charge in [0.05, 0.1) is 6.54 Å². The highest BCUT2D eigenvalue weighted by Crippen LogP contribution is 2.12. The van der Waals surface area contributed by atoms with Crippen LogP contribution in [0.2, 0.25) is 0 Å². The molecule has 1 heterocycles. The number of rotatable bonds is 8. The van der Waals surface area contributed by atoms with E-state index in [1.807, 2.05) is 49.4 Å². The van der Waals surface area contributed by atoms with Crippen LogP contribution in [0, 0.1) is 6.92 Å². The minimum absolute atomic E-state index is 0.0551. The predicted octanol–water partition coefficient (Wildman–Crippen LogP) is 3.18. The minimum Gasteiger partial charge on any atom is -0.353 e. The van der Waals surface area contributed by atoms with E-state index >= 15 is 0 Å². The summed E-state index contributed by atoms with van der Waals surface area (Å²) in [5, 5.41) is 15.6. The number of amides is 1. The van der Waals surface area contributed by atoms with Crippen molar-refractivity contribution in [2.24, 2.45) is 0 Å². The summed E-state index contributed by atoms with van der Waals surface area (Å²) in [5.74, 6) is 0.659. The van der Waals surface area contributed by atoms with Gasteiger partial charge in [0.15, 0.2) is 0 Å². The molecule has 1 N–H and O–H groups in total. The summed E-state index contributed by atoms with van der Waals surface area (Å²) in [6, 6.07) is 18.1. The fraction of sp³-hybridized carbons (Fsp3) is 0.333. The third kappa shape index (κ3) is 5.48. The van der Waals surface area contributed by atoms with E-state index in [4.69, 9.17) is 0 Å². The van der Waals surface area contributed by atoms with Crippen molar-refractivity contribution in [1.29, 1.82) is 0 Å². The van der Waals surface area contributed by atoms with Gasteiger partial charge in [-0.25, -0.2) is 0 Å². The van der Waals surface area contributed by atoms with Gasteiger partial charge in [0, 0.05) is 18.0 Å². The highest BCUT2D eigenvalue weighted by Gasteiger charge is 2.10. The molecule has 2 aromatic carbocycles. The summed E-state index contributed by atoms with van der Waals surface area (Å²) < 4.78 is 0. The standard InChI is InChI=1S/C21H25N5O/c1-16-9-6-7-12-19(16)15-17(2)22-20(27)13-8-14-26-24-21(23-25-26)18-10-4-3-5-11-18/h3-7,9-12,17H,8,13-15H2,1-2H3,(H,22,27)/t17-/m0/s1. The molecule has 3 aromatic rings. The molecule has 0 bridgehead atoms. The van der Waals surface area contributed by atoms with Crippen molar-refractivity contribution < 1.29 is 4.79 Å². The van der Waals surface area contributed by atoms with Crippen molar-refractivity contribution in [3.63, 3.8) is 0 Å². The van der Waals surface area contributed by atoms with Gasteiger partial charge < -0.3 is 5.32 Å². The van der Waals surface area contributed by atoms with E-state index in [9.17, 15) is 4.79 Å². The van der Waals surface area contributed by atoms with Crippen LogP contribution in [0.4, 0.5) is 0 Å². The molecule has 6 nitrogen and oxygen atoms in total. The van der Waals surface area contributed by atoms with Crippen LogP contribution in [0.15, 0.2) is 54.6 Å². The summed E-state index contributed by atoms with van der Waals surface area (Å²) in [6.07, 6.45) is 1.96. The Balaban J connectivity index is 1.42. The highest BCUT2D eigenvalue weighted by atomic mass is 16.1. The maximum absolute atomic E-state index is 12.2. The number of aryl methyl sites for hydroxylation is 2. The summed E-state index contributed by atoms with van der Waals surface area (Å²) >= 11 is 0. The van der Waals surface area contributed by atoms with E-state index in [0.29, 0.717) is 25.2 Å².